The number of anilines is 1. The van der Waals surface area contributed by atoms with Crippen molar-refractivity contribution in [2.24, 2.45) is 0 Å². The zero-order valence-electron chi connectivity index (χ0n) is 13.0. The van der Waals surface area contributed by atoms with Gasteiger partial charge in [-0.05, 0) is 18.2 Å². The number of nitro benzene ring substituents is 1. The van der Waals surface area contributed by atoms with Gasteiger partial charge in [-0.15, -0.1) is 10.2 Å². The highest BCUT2D eigenvalue weighted by Crippen LogP contribution is 2.24. The van der Waals surface area contributed by atoms with Gasteiger partial charge in [0, 0.05) is 30.1 Å². The normalized spacial score (nSPS) is 10.5. The van der Waals surface area contributed by atoms with Crippen LogP contribution in [-0.2, 0) is 4.79 Å². The van der Waals surface area contributed by atoms with Crippen molar-refractivity contribution in [1.29, 1.82) is 0 Å². The number of nitro groups is 1. The summed E-state index contributed by atoms with van der Waals surface area (Å²) in [4.78, 5) is 25.8. The van der Waals surface area contributed by atoms with Crippen LogP contribution in [0.3, 0.4) is 0 Å². The summed E-state index contributed by atoms with van der Waals surface area (Å²) in [5.41, 5.74) is 0.0866. The van der Waals surface area contributed by atoms with E-state index >= 15 is 0 Å². The lowest BCUT2D eigenvalue weighted by Crippen LogP contribution is -2.15. The summed E-state index contributed by atoms with van der Waals surface area (Å²) in [7, 11) is 0. The Labute approximate surface area is 149 Å². The second-order valence-electron chi connectivity index (χ2n) is 4.87. The molecule has 0 unspecified atom stereocenters. The van der Waals surface area contributed by atoms with Gasteiger partial charge in [-0.2, -0.15) is 0 Å². The molecule has 0 aliphatic heterocycles. The molecule has 1 amide bonds. The van der Waals surface area contributed by atoms with E-state index in [0.29, 0.717) is 5.56 Å². The summed E-state index contributed by atoms with van der Waals surface area (Å²) in [6.07, 6.45) is 3.15. The number of carbonyl (C=O) groups is 1. The predicted molar refractivity (Wildman–Crippen MR) is 89.9 cm³/mol. The van der Waals surface area contributed by atoms with Crippen molar-refractivity contribution in [3.05, 3.63) is 58.7 Å². The first-order valence-electron chi connectivity index (χ1n) is 7.13. The van der Waals surface area contributed by atoms with Crippen LogP contribution in [0.4, 0.5) is 15.8 Å². The van der Waals surface area contributed by atoms with Crippen molar-refractivity contribution < 1.29 is 18.5 Å². The van der Waals surface area contributed by atoms with Gasteiger partial charge < -0.3 is 9.73 Å². The average molecular weight is 375 g/mol. The zero-order chi connectivity index (χ0) is 18.5. The number of benzene rings is 1. The number of halogens is 1. The fraction of sp³-hybridized carbons (Fsp3) is 0.0667. The van der Waals surface area contributed by atoms with Gasteiger partial charge in [-0.1, -0.05) is 11.8 Å². The Morgan fingerprint density at radius 2 is 2.04 bits per heavy atom. The first-order valence-corrected chi connectivity index (χ1v) is 8.12. The van der Waals surface area contributed by atoms with Gasteiger partial charge in [0.1, 0.15) is 5.82 Å². The Kier molecular flexibility index (Phi) is 5.17. The Bertz CT molecular complexity index is 950. The standard InChI is InChI=1S/C15H10FN5O4S/c16-11-2-1-10(21(23)24)7-12(11)18-13(22)8-26-15-20-19-14(25-15)9-3-5-17-6-4-9/h1-7H,8H2,(H,18,22). The fourth-order valence-electron chi connectivity index (χ4n) is 1.92. The highest BCUT2D eigenvalue weighted by atomic mass is 32.2. The maximum Gasteiger partial charge on any atom is 0.277 e. The molecule has 0 saturated carbocycles. The number of hydrogen-bond donors (Lipinski definition) is 1. The predicted octanol–water partition coefficient (Wildman–Crippen LogP) is 2.91. The van der Waals surface area contributed by atoms with Gasteiger partial charge in [0.05, 0.1) is 16.4 Å². The lowest BCUT2D eigenvalue weighted by molar-refractivity contribution is -0.384. The number of aromatic nitrogens is 3. The summed E-state index contributed by atoms with van der Waals surface area (Å²) in [6, 6.07) is 6.27. The van der Waals surface area contributed by atoms with Gasteiger partial charge in [-0.25, -0.2) is 4.39 Å². The molecule has 0 aliphatic carbocycles. The van der Waals surface area contributed by atoms with Crippen molar-refractivity contribution >= 4 is 29.0 Å². The summed E-state index contributed by atoms with van der Waals surface area (Å²) < 4.78 is 19.1. The molecule has 0 bridgehead atoms. The van der Waals surface area contributed by atoms with Gasteiger partial charge in [0.25, 0.3) is 10.9 Å². The van der Waals surface area contributed by atoms with Crippen molar-refractivity contribution in [2.45, 2.75) is 5.22 Å². The van der Waals surface area contributed by atoms with Crippen LogP contribution in [0.2, 0.25) is 0 Å². The van der Waals surface area contributed by atoms with Crippen molar-refractivity contribution in [3.63, 3.8) is 0 Å². The van der Waals surface area contributed by atoms with Crippen LogP contribution in [0.25, 0.3) is 11.5 Å². The SMILES string of the molecule is O=C(CSc1nnc(-c2ccncc2)o1)Nc1cc([N+](=O)[O-])ccc1F. The van der Waals surface area contributed by atoms with Crippen molar-refractivity contribution in [3.8, 4) is 11.5 Å². The number of hydrogen-bond acceptors (Lipinski definition) is 8. The van der Waals surface area contributed by atoms with Gasteiger partial charge in [-0.3, -0.25) is 19.9 Å². The number of rotatable bonds is 6. The second-order valence-corrected chi connectivity index (χ2v) is 5.79. The molecule has 0 spiro atoms. The summed E-state index contributed by atoms with van der Waals surface area (Å²) in [5, 5.41) is 20.8. The molecule has 3 rings (SSSR count). The van der Waals surface area contributed by atoms with Crippen LogP contribution < -0.4 is 5.32 Å². The number of amides is 1. The molecule has 2 heterocycles. The van der Waals surface area contributed by atoms with Gasteiger partial charge >= 0.3 is 0 Å². The minimum absolute atomic E-state index is 0.139. The van der Waals surface area contributed by atoms with Gasteiger partial charge in [0.2, 0.25) is 11.8 Å². The molecule has 132 valence electrons. The number of non-ortho nitro benzene ring substituents is 1. The van der Waals surface area contributed by atoms with Crippen LogP contribution in [0, 0.1) is 15.9 Å². The first kappa shape index (κ1) is 17.5. The van der Waals surface area contributed by atoms with Crippen LogP contribution in [0.1, 0.15) is 0 Å². The minimum atomic E-state index is -0.772. The first-order chi connectivity index (χ1) is 12.5. The Morgan fingerprint density at radius 3 is 2.77 bits per heavy atom. The summed E-state index contributed by atoms with van der Waals surface area (Å²) >= 11 is 0.955. The molecule has 0 saturated heterocycles. The number of nitrogens with one attached hydrogen (secondary N) is 1. The molecule has 0 radical (unpaired) electrons. The third-order valence-electron chi connectivity index (χ3n) is 3.10. The number of pyridine rings is 1. The molecule has 0 aliphatic rings. The van der Waals surface area contributed by atoms with Crippen molar-refractivity contribution in [1.82, 2.24) is 15.2 Å². The van der Waals surface area contributed by atoms with E-state index in [0.717, 1.165) is 30.0 Å². The van der Waals surface area contributed by atoms with E-state index < -0.39 is 16.6 Å². The third kappa shape index (κ3) is 4.19. The molecule has 1 N–H and O–H groups in total. The van der Waals surface area contributed by atoms with E-state index in [2.05, 4.69) is 20.5 Å². The second kappa shape index (κ2) is 7.70. The molecule has 0 atom stereocenters. The number of nitrogens with zero attached hydrogens (tertiary/aromatic N) is 4. The smallest absolute Gasteiger partial charge is 0.277 e. The quantitative estimate of drug-likeness (QED) is 0.396. The zero-order valence-corrected chi connectivity index (χ0v) is 13.8. The van der Waals surface area contributed by atoms with E-state index in [1.54, 1.807) is 24.5 Å². The molecular formula is C15H10FN5O4S. The highest BCUT2D eigenvalue weighted by molar-refractivity contribution is 7.99. The van der Waals surface area contributed by atoms with E-state index in [1.807, 2.05) is 0 Å². The molecule has 0 fully saturated rings. The van der Waals surface area contributed by atoms with E-state index in [-0.39, 0.29) is 28.2 Å². The number of thioether (sulfide) groups is 1. The summed E-state index contributed by atoms with van der Waals surface area (Å²) in [5.74, 6) is -1.20. The highest BCUT2D eigenvalue weighted by Gasteiger charge is 2.15. The molecular weight excluding hydrogens is 365 g/mol. The average Bonchev–Trinajstić information content (AvgIpc) is 3.11. The monoisotopic (exact) mass is 375 g/mol. The molecule has 11 heteroatoms. The van der Waals surface area contributed by atoms with Crippen LogP contribution in [0.5, 0.6) is 0 Å². The maximum atomic E-state index is 13.7. The number of carbonyl (C=O) groups excluding carboxylic acids is 1. The Balaban J connectivity index is 1.61. The topological polar surface area (TPSA) is 124 Å². The lowest BCUT2D eigenvalue weighted by atomic mass is 10.2. The maximum absolute atomic E-state index is 13.7. The minimum Gasteiger partial charge on any atom is -0.411 e. The molecule has 2 aromatic heterocycles. The Hall–Kier alpha value is -3.34. The van der Waals surface area contributed by atoms with Crippen LogP contribution >= 0.6 is 11.8 Å². The molecule has 26 heavy (non-hydrogen) atoms. The molecule has 1 aromatic carbocycles. The van der Waals surface area contributed by atoms with Crippen LogP contribution in [-0.4, -0.2) is 31.8 Å². The van der Waals surface area contributed by atoms with Crippen molar-refractivity contribution in [2.75, 3.05) is 11.1 Å². The van der Waals surface area contributed by atoms with E-state index in [4.69, 9.17) is 4.42 Å². The van der Waals surface area contributed by atoms with Gasteiger partial charge in [0.15, 0.2) is 0 Å². The largest absolute Gasteiger partial charge is 0.411 e. The molecule has 3 aromatic rings. The Morgan fingerprint density at radius 1 is 1.27 bits per heavy atom. The fourth-order valence-corrected chi connectivity index (χ4v) is 2.48. The third-order valence-corrected chi connectivity index (χ3v) is 3.91. The van der Waals surface area contributed by atoms with Crippen LogP contribution in [0.15, 0.2) is 52.4 Å². The lowest BCUT2D eigenvalue weighted by Gasteiger charge is -2.05. The van der Waals surface area contributed by atoms with E-state index in [1.165, 1.54) is 0 Å². The molecule has 9 nitrogen and oxygen atoms in total. The summed E-state index contributed by atoms with van der Waals surface area (Å²) in [6.45, 7) is 0. The van der Waals surface area contributed by atoms with E-state index in [9.17, 15) is 19.3 Å².